The van der Waals surface area contributed by atoms with Gasteiger partial charge in [0.25, 0.3) is 0 Å². The average Bonchev–Trinajstić information content (AvgIpc) is 3.30. The highest BCUT2D eigenvalue weighted by Gasteiger charge is 2.28. The number of imidazole rings is 1. The number of aliphatic hydroxyl groups is 1. The van der Waals surface area contributed by atoms with Crippen molar-refractivity contribution in [2.75, 3.05) is 43.1 Å². The minimum absolute atomic E-state index is 0.276. The number of aliphatic hydroxyl groups excluding tert-OH is 1. The SMILES string of the molecule is CCc1nccn1CCNc1cc([C@H]2CCOC2)nc(N2CC(O)C2)n1. The second kappa shape index (κ2) is 7.59. The number of β-amino-alcohol motifs (C(OH)–C–C–N with tert-alkyl or cyclic N) is 1. The Labute approximate surface area is 153 Å². The van der Waals surface area contributed by atoms with Gasteiger partial charge in [0.1, 0.15) is 11.6 Å². The molecule has 2 aliphatic rings. The summed E-state index contributed by atoms with van der Waals surface area (Å²) in [6, 6.07) is 2.04. The third-order valence-electron chi connectivity index (χ3n) is 5.00. The molecule has 2 fully saturated rings. The van der Waals surface area contributed by atoms with E-state index in [1.807, 2.05) is 23.4 Å². The van der Waals surface area contributed by atoms with E-state index in [1.54, 1.807) is 0 Å². The summed E-state index contributed by atoms with van der Waals surface area (Å²) < 4.78 is 7.68. The van der Waals surface area contributed by atoms with Crippen LogP contribution in [0.15, 0.2) is 18.5 Å². The number of ether oxygens (including phenoxy) is 1. The van der Waals surface area contributed by atoms with Crippen molar-refractivity contribution in [3.63, 3.8) is 0 Å². The molecule has 0 radical (unpaired) electrons. The molecule has 0 aromatic carbocycles. The number of rotatable bonds is 7. The quantitative estimate of drug-likeness (QED) is 0.764. The summed E-state index contributed by atoms with van der Waals surface area (Å²) in [6.07, 6.45) is 5.49. The first-order chi connectivity index (χ1) is 12.7. The Bertz CT molecular complexity index is 737. The third kappa shape index (κ3) is 3.66. The fourth-order valence-corrected chi connectivity index (χ4v) is 3.44. The number of anilines is 2. The van der Waals surface area contributed by atoms with Crippen LogP contribution in [-0.4, -0.2) is 63.6 Å². The van der Waals surface area contributed by atoms with Gasteiger partial charge in [-0.15, -0.1) is 0 Å². The molecule has 0 aliphatic carbocycles. The van der Waals surface area contributed by atoms with Crippen molar-refractivity contribution in [3.05, 3.63) is 30.0 Å². The summed E-state index contributed by atoms with van der Waals surface area (Å²) in [7, 11) is 0. The molecular formula is C18H26N6O2. The normalized spacial score (nSPS) is 20.4. The minimum Gasteiger partial charge on any atom is -0.389 e. The number of hydrogen-bond donors (Lipinski definition) is 2. The van der Waals surface area contributed by atoms with Gasteiger partial charge < -0.3 is 24.6 Å². The molecule has 4 rings (SSSR count). The Morgan fingerprint density at radius 2 is 2.23 bits per heavy atom. The van der Waals surface area contributed by atoms with E-state index in [9.17, 15) is 5.11 Å². The van der Waals surface area contributed by atoms with Gasteiger partial charge in [-0.1, -0.05) is 6.92 Å². The lowest BCUT2D eigenvalue weighted by Crippen LogP contribution is -2.51. The van der Waals surface area contributed by atoms with Crippen LogP contribution in [0.4, 0.5) is 11.8 Å². The van der Waals surface area contributed by atoms with Gasteiger partial charge in [-0.2, -0.15) is 4.98 Å². The number of nitrogens with zero attached hydrogens (tertiary/aromatic N) is 5. The molecule has 0 amide bonds. The number of nitrogens with one attached hydrogen (secondary N) is 1. The van der Waals surface area contributed by atoms with Crippen molar-refractivity contribution >= 4 is 11.8 Å². The van der Waals surface area contributed by atoms with Crippen molar-refractivity contribution < 1.29 is 9.84 Å². The third-order valence-corrected chi connectivity index (χ3v) is 5.00. The van der Waals surface area contributed by atoms with E-state index in [2.05, 4.69) is 26.8 Å². The van der Waals surface area contributed by atoms with Crippen LogP contribution >= 0.6 is 0 Å². The highest BCUT2D eigenvalue weighted by Crippen LogP contribution is 2.28. The van der Waals surface area contributed by atoms with E-state index in [4.69, 9.17) is 9.72 Å². The Morgan fingerprint density at radius 1 is 1.35 bits per heavy atom. The maximum Gasteiger partial charge on any atom is 0.227 e. The molecule has 4 heterocycles. The molecular weight excluding hydrogens is 332 g/mol. The topological polar surface area (TPSA) is 88.3 Å². The predicted octanol–water partition coefficient (Wildman–Crippen LogP) is 1.03. The Kier molecular flexibility index (Phi) is 5.03. The maximum absolute atomic E-state index is 9.58. The van der Waals surface area contributed by atoms with Crippen molar-refractivity contribution in [1.29, 1.82) is 0 Å². The molecule has 26 heavy (non-hydrogen) atoms. The second-order valence-electron chi connectivity index (χ2n) is 6.91. The lowest BCUT2D eigenvalue weighted by Gasteiger charge is -2.36. The van der Waals surface area contributed by atoms with E-state index in [0.717, 1.165) is 49.9 Å². The van der Waals surface area contributed by atoms with Gasteiger partial charge in [0.15, 0.2) is 0 Å². The first-order valence-electron chi connectivity index (χ1n) is 9.36. The summed E-state index contributed by atoms with van der Waals surface area (Å²) in [5.74, 6) is 2.94. The number of hydrogen-bond acceptors (Lipinski definition) is 7. The summed E-state index contributed by atoms with van der Waals surface area (Å²) in [6.45, 7) is 6.41. The van der Waals surface area contributed by atoms with Crippen LogP contribution < -0.4 is 10.2 Å². The van der Waals surface area contributed by atoms with Crippen molar-refractivity contribution in [2.45, 2.75) is 38.3 Å². The highest BCUT2D eigenvalue weighted by atomic mass is 16.5. The summed E-state index contributed by atoms with van der Waals surface area (Å²) in [5.41, 5.74) is 1.02. The van der Waals surface area contributed by atoms with Gasteiger partial charge in [0.2, 0.25) is 5.95 Å². The molecule has 2 aromatic rings. The van der Waals surface area contributed by atoms with E-state index in [0.29, 0.717) is 31.6 Å². The lowest BCUT2D eigenvalue weighted by atomic mass is 10.0. The second-order valence-corrected chi connectivity index (χ2v) is 6.91. The van der Waals surface area contributed by atoms with Crippen molar-refractivity contribution in [2.24, 2.45) is 0 Å². The van der Waals surface area contributed by atoms with E-state index < -0.39 is 0 Å². The fraction of sp³-hybridized carbons (Fsp3) is 0.611. The van der Waals surface area contributed by atoms with Crippen LogP contribution in [0.3, 0.4) is 0 Å². The van der Waals surface area contributed by atoms with Crippen LogP contribution in [0.5, 0.6) is 0 Å². The monoisotopic (exact) mass is 358 g/mol. The molecule has 2 N–H and O–H groups in total. The van der Waals surface area contributed by atoms with Gasteiger partial charge >= 0.3 is 0 Å². The molecule has 8 heteroatoms. The van der Waals surface area contributed by atoms with Gasteiger partial charge in [-0.3, -0.25) is 0 Å². The van der Waals surface area contributed by atoms with E-state index in [-0.39, 0.29) is 6.10 Å². The Balaban J connectivity index is 1.46. The molecule has 0 bridgehead atoms. The van der Waals surface area contributed by atoms with Crippen molar-refractivity contribution in [1.82, 2.24) is 19.5 Å². The van der Waals surface area contributed by atoms with Crippen molar-refractivity contribution in [3.8, 4) is 0 Å². The van der Waals surface area contributed by atoms with Gasteiger partial charge in [0, 0.05) is 63.6 Å². The standard InChI is InChI=1S/C18H26N6O2/c1-2-17-20-5-7-23(17)6-4-19-16-9-15(13-3-8-26-12-13)21-18(22-16)24-10-14(25)11-24/h5,7,9,13-14,25H,2-4,6,8,10-12H2,1H3,(H,19,21,22)/t13-/m0/s1. The fourth-order valence-electron chi connectivity index (χ4n) is 3.44. The number of aryl methyl sites for hydroxylation is 1. The van der Waals surface area contributed by atoms with Crippen LogP contribution in [0.25, 0.3) is 0 Å². The molecule has 2 aliphatic heterocycles. The van der Waals surface area contributed by atoms with E-state index >= 15 is 0 Å². The minimum atomic E-state index is -0.276. The molecule has 1 atom stereocenters. The highest BCUT2D eigenvalue weighted by molar-refractivity contribution is 5.46. The zero-order chi connectivity index (χ0) is 17.9. The summed E-state index contributed by atoms with van der Waals surface area (Å²) in [4.78, 5) is 15.7. The van der Waals surface area contributed by atoms with Gasteiger partial charge in [-0.25, -0.2) is 9.97 Å². The van der Waals surface area contributed by atoms with Gasteiger partial charge in [-0.05, 0) is 6.42 Å². The first-order valence-corrected chi connectivity index (χ1v) is 9.36. The average molecular weight is 358 g/mol. The zero-order valence-electron chi connectivity index (χ0n) is 15.1. The summed E-state index contributed by atoms with van der Waals surface area (Å²) in [5, 5.41) is 13.0. The molecule has 8 nitrogen and oxygen atoms in total. The first kappa shape index (κ1) is 17.2. The smallest absolute Gasteiger partial charge is 0.227 e. The van der Waals surface area contributed by atoms with Crippen LogP contribution in [-0.2, 0) is 17.7 Å². The Hall–Kier alpha value is -2.19. The zero-order valence-corrected chi connectivity index (χ0v) is 15.1. The molecule has 0 unspecified atom stereocenters. The molecule has 2 saturated heterocycles. The molecule has 0 spiro atoms. The largest absolute Gasteiger partial charge is 0.389 e. The summed E-state index contributed by atoms with van der Waals surface area (Å²) >= 11 is 0. The molecule has 2 aromatic heterocycles. The van der Waals surface area contributed by atoms with Gasteiger partial charge in [0.05, 0.1) is 18.4 Å². The lowest BCUT2D eigenvalue weighted by molar-refractivity contribution is 0.140. The van der Waals surface area contributed by atoms with E-state index in [1.165, 1.54) is 0 Å². The number of aromatic nitrogens is 4. The molecule has 140 valence electrons. The maximum atomic E-state index is 9.58. The Morgan fingerprint density at radius 3 is 2.96 bits per heavy atom. The predicted molar refractivity (Wildman–Crippen MR) is 98.5 cm³/mol. The van der Waals surface area contributed by atoms with Crippen LogP contribution in [0, 0.1) is 0 Å². The molecule has 0 saturated carbocycles. The van der Waals surface area contributed by atoms with Crippen LogP contribution in [0.1, 0.15) is 30.8 Å². The van der Waals surface area contributed by atoms with Crippen LogP contribution in [0.2, 0.25) is 0 Å².